The van der Waals surface area contributed by atoms with E-state index < -0.39 is 22.6 Å². The average molecular weight is 199 g/mol. The van der Waals surface area contributed by atoms with Gasteiger partial charge >= 0.3 is 6.17 Å². The number of halogens is 1. The number of nitro groups is 2. The average Bonchev–Trinajstić information content (AvgIpc) is 1.96. The molecule has 0 heterocycles. The Morgan fingerprint density at radius 2 is 1.83 bits per heavy atom. The predicted octanol–water partition coefficient (Wildman–Crippen LogP) is 0.121. The highest BCUT2D eigenvalue weighted by atomic mass is 35.5. The molecule has 0 amide bonds. The van der Waals surface area contributed by atoms with Crippen molar-refractivity contribution in [3.05, 3.63) is 20.2 Å². The molecule has 0 fully saturated rings. The largest absolute Gasteiger partial charge is 0.473 e. The first-order valence-electron chi connectivity index (χ1n) is 3.00. The number of alkyl halides is 1. The van der Waals surface area contributed by atoms with Gasteiger partial charge in [0.2, 0.25) is 0 Å². The normalized spacial score (nSPS) is 10.2. The van der Waals surface area contributed by atoms with Gasteiger partial charge in [-0.25, -0.2) is 0 Å². The third kappa shape index (κ3) is 4.04. The number of nitrogens with zero attached hydrogens (tertiary/aromatic N) is 2. The van der Waals surface area contributed by atoms with E-state index in [2.05, 4.69) is 4.74 Å². The van der Waals surface area contributed by atoms with Crippen LogP contribution in [-0.2, 0) is 4.74 Å². The molecule has 0 unspecified atom stereocenters. The highest BCUT2D eigenvalue weighted by Crippen LogP contribution is 1.93. The van der Waals surface area contributed by atoms with Crippen molar-refractivity contribution in [2.75, 3.05) is 19.1 Å². The zero-order valence-electron chi connectivity index (χ0n) is 6.01. The highest BCUT2D eigenvalue weighted by Gasteiger charge is 2.31. The molecule has 0 spiro atoms. The lowest BCUT2D eigenvalue weighted by molar-refractivity contribution is -0.744. The van der Waals surface area contributed by atoms with E-state index in [0.29, 0.717) is 0 Å². The number of rotatable bonds is 6. The topological polar surface area (TPSA) is 95.5 Å². The second kappa shape index (κ2) is 5.67. The molecule has 0 N–H and O–H groups in total. The minimum atomic E-state index is -1.90. The van der Waals surface area contributed by atoms with Crippen LogP contribution < -0.4 is 0 Å². The Bertz CT molecular complexity index is 161. The first-order valence-corrected chi connectivity index (χ1v) is 3.53. The van der Waals surface area contributed by atoms with Crippen molar-refractivity contribution < 1.29 is 14.6 Å². The fourth-order valence-electron chi connectivity index (χ4n) is 0.442. The second-order valence-corrected chi connectivity index (χ2v) is 2.19. The van der Waals surface area contributed by atoms with Gasteiger partial charge in [-0.1, -0.05) is 0 Å². The molecule has 0 atom stereocenters. The molecule has 0 radical (unpaired) electrons. The van der Waals surface area contributed by atoms with Crippen LogP contribution in [0.3, 0.4) is 0 Å². The van der Waals surface area contributed by atoms with Crippen molar-refractivity contribution in [2.24, 2.45) is 0 Å². The van der Waals surface area contributed by atoms with Crippen molar-refractivity contribution in [2.45, 2.75) is 6.17 Å². The summed E-state index contributed by atoms with van der Waals surface area (Å²) < 4.78 is 4.55. The van der Waals surface area contributed by atoms with E-state index in [9.17, 15) is 20.2 Å². The van der Waals surface area contributed by atoms with Gasteiger partial charge in [0.15, 0.2) is 6.61 Å². The maximum atomic E-state index is 9.99. The number of hydrogen-bond donors (Lipinski definition) is 0. The van der Waals surface area contributed by atoms with E-state index in [4.69, 9.17) is 11.6 Å². The first-order chi connectivity index (χ1) is 5.59. The molecular formula is C4H7ClN2O5. The van der Waals surface area contributed by atoms with Gasteiger partial charge in [0, 0.05) is 5.88 Å². The van der Waals surface area contributed by atoms with Crippen LogP contribution in [0.1, 0.15) is 0 Å². The van der Waals surface area contributed by atoms with Gasteiger partial charge in [-0.05, 0) is 0 Å². The third-order valence-corrected chi connectivity index (χ3v) is 1.13. The van der Waals surface area contributed by atoms with E-state index in [-0.39, 0.29) is 12.5 Å². The van der Waals surface area contributed by atoms with Crippen LogP contribution in [0.2, 0.25) is 0 Å². The SMILES string of the molecule is O=[N+]([O-])C(COCCCl)[N+](=O)[O-]. The zero-order valence-corrected chi connectivity index (χ0v) is 6.77. The molecule has 0 aliphatic carbocycles. The first kappa shape index (κ1) is 11.1. The standard InChI is InChI=1S/C4H7ClN2O5/c5-1-2-12-3-4(6(8)9)7(10)11/h4H,1-3H2. The summed E-state index contributed by atoms with van der Waals surface area (Å²) in [5.74, 6) is 0.155. The van der Waals surface area contributed by atoms with Crippen LogP contribution in [0.25, 0.3) is 0 Å². The lowest BCUT2D eigenvalue weighted by Crippen LogP contribution is -2.33. The molecule has 0 aromatic rings. The van der Waals surface area contributed by atoms with Crippen LogP contribution >= 0.6 is 11.6 Å². The van der Waals surface area contributed by atoms with Gasteiger partial charge in [-0.3, -0.25) is 20.2 Å². The van der Waals surface area contributed by atoms with Crippen LogP contribution in [0.4, 0.5) is 0 Å². The molecule has 0 rings (SSSR count). The highest BCUT2D eigenvalue weighted by molar-refractivity contribution is 6.17. The second-order valence-electron chi connectivity index (χ2n) is 1.82. The smallest absolute Gasteiger partial charge is 0.365 e. The summed E-state index contributed by atoms with van der Waals surface area (Å²) in [4.78, 5) is 18.0. The third-order valence-electron chi connectivity index (χ3n) is 0.975. The van der Waals surface area contributed by atoms with Gasteiger partial charge in [-0.2, -0.15) is 0 Å². The van der Waals surface area contributed by atoms with Crippen molar-refractivity contribution in [1.82, 2.24) is 0 Å². The van der Waals surface area contributed by atoms with E-state index >= 15 is 0 Å². The maximum absolute atomic E-state index is 9.99. The van der Waals surface area contributed by atoms with E-state index in [0.717, 1.165) is 0 Å². The Balaban J connectivity index is 3.80. The molecule has 0 aliphatic rings. The molecule has 0 aromatic carbocycles. The van der Waals surface area contributed by atoms with Gasteiger partial charge in [-0.15, -0.1) is 11.6 Å². The molecule has 8 heteroatoms. The minimum Gasteiger partial charge on any atom is -0.365 e. The Kier molecular flexibility index (Phi) is 5.22. The summed E-state index contributed by atoms with van der Waals surface area (Å²) in [5, 5.41) is 20.0. The summed E-state index contributed by atoms with van der Waals surface area (Å²) in [5.41, 5.74) is 0. The zero-order chi connectivity index (χ0) is 9.56. The molecule has 12 heavy (non-hydrogen) atoms. The number of ether oxygens (including phenoxy) is 1. The fourth-order valence-corrected chi connectivity index (χ4v) is 0.551. The predicted molar refractivity (Wildman–Crippen MR) is 39.3 cm³/mol. The van der Waals surface area contributed by atoms with Gasteiger partial charge in [0.05, 0.1) is 16.5 Å². The Morgan fingerprint density at radius 1 is 1.33 bits per heavy atom. The number of hydrogen-bond acceptors (Lipinski definition) is 5. The summed E-state index contributed by atoms with van der Waals surface area (Å²) in [6.07, 6.45) is -1.90. The molecule has 7 nitrogen and oxygen atoms in total. The van der Waals surface area contributed by atoms with Gasteiger partial charge in [0.1, 0.15) is 0 Å². The van der Waals surface area contributed by atoms with Crippen molar-refractivity contribution in [3.8, 4) is 0 Å². The Hall–Kier alpha value is -0.950. The minimum absolute atomic E-state index is 0.0692. The molecular weight excluding hydrogens is 192 g/mol. The van der Waals surface area contributed by atoms with Crippen LogP contribution in [-0.4, -0.2) is 35.1 Å². The van der Waals surface area contributed by atoms with E-state index in [1.807, 2.05) is 0 Å². The van der Waals surface area contributed by atoms with E-state index in [1.165, 1.54) is 0 Å². The van der Waals surface area contributed by atoms with Crippen LogP contribution in [0.5, 0.6) is 0 Å². The van der Waals surface area contributed by atoms with Gasteiger partial charge in [0.25, 0.3) is 0 Å². The summed E-state index contributed by atoms with van der Waals surface area (Å²) in [7, 11) is 0. The maximum Gasteiger partial charge on any atom is 0.473 e. The van der Waals surface area contributed by atoms with Crippen molar-refractivity contribution >= 4 is 11.6 Å². The van der Waals surface area contributed by atoms with Crippen molar-refractivity contribution in [3.63, 3.8) is 0 Å². The van der Waals surface area contributed by atoms with E-state index in [1.54, 1.807) is 0 Å². The fraction of sp³-hybridized carbons (Fsp3) is 1.00. The molecule has 0 bridgehead atoms. The van der Waals surface area contributed by atoms with Crippen molar-refractivity contribution in [1.29, 1.82) is 0 Å². The monoisotopic (exact) mass is 198 g/mol. The Labute approximate surface area is 72.6 Å². The molecule has 0 saturated carbocycles. The summed E-state index contributed by atoms with van der Waals surface area (Å²) in [6, 6.07) is 0. The van der Waals surface area contributed by atoms with Crippen LogP contribution in [0, 0.1) is 20.2 Å². The lowest BCUT2D eigenvalue weighted by atomic mass is 10.6. The lowest BCUT2D eigenvalue weighted by Gasteiger charge is -2.01. The molecule has 0 aromatic heterocycles. The quantitative estimate of drug-likeness (QED) is 0.199. The molecule has 70 valence electrons. The molecule has 0 aliphatic heterocycles. The van der Waals surface area contributed by atoms with Crippen LogP contribution in [0.15, 0.2) is 0 Å². The summed E-state index contributed by atoms with van der Waals surface area (Å²) in [6.45, 7) is -0.480. The summed E-state index contributed by atoms with van der Waals surface area (Å²) >= 11 is 5.18. The molecule has 0 saturated heterocycles. The Morgan fingerprint density at radius 3 is 2.17 bits per heavy atom. The van der Waals surface area contributed by atoms with Gasteiger partial charge < -0.3 is 4.74 Å².